The van der Waals surface area contributed by atoms with Crippen molar-refractivity contribution in [1.82, 2.24) is 0 Å². The average Bonchev–Trinajstić information content (AvgIpc) is 2.23. The van der Waals surface area contributed by atoms with Crippen LogP contribution in [0.1, 0.15) is 38.5 Å². The van der Waals surface area contributed by atoms with Crippen molar-refractivity contribution in [1.29, 1.82) is 0 Å². The van der Waals surface area contributed by atoms with Crippen molar-refractivity contribution in [2.75, 3.05) is 0 Å². The maximum absolute atomic E-state index is 11.7. The molecular formula is C14H18O4. The first-order chi connectivity index (χ1) is 8.55. The van der Waals surface area contributed by atoms with E-state index in [0.29, 0.717) is 17.8 Å². The van der Waals surface area contributed by atoms with Crippen molar-refractivity contribution in [2.24, 2.45) is 17.8 Å². The monoisotopic (exact) mass is 250 g/mol. The molecule has 98 valence electrons. The molecular weight excluding hydrogens is 232 g/mol. The predicted molar refractivity (Wildman–Crippen MR) is 63.8 cm³/mol. The molecule has 4 fully saturated rings. The van der Waals surface area contributed by atoms with Crippen LogP contribution in [0.25, 0.3) is 0 Å². The van der Waals surface area contributed by atoms with Crippen molar-refractivity contribution in [3.8, 4) is 0 Å². The highest BCUT2D eigenvalue weighted by Gasteiger charge is 2.53. The predicted octanol–water partition coefficient (Wildman–Crippen LogP) is 2.14. The van der Waals surface area contributed by atoms with Gasteiger partial charge in [0, 0.05) is 12.2 Å². The molecule has 0 aliphatic heterocycles. The Morgan fingerprint density at radius 3 is 1.94 bits per heavy atom. The van der Waals surface area contributed by atoms with Crippen LogP contribution >= 0.6 is 0 Å². The Morgan fingerprint density at radius 1 is 1.00 bits per heavy atom. The number of carboxylic acid groups (broad SMARTS) is 1. The van der Waals surface area contributed by atoms with Gasteiger partial charge in [0.2, 0.25) is 0 Å². The average molecular weight is 250 g/mol. The molecule has 4 aliphatic rings. The number of hydrogen-bond acceptors (Lipinski definition) is 3. The normalized spacial score (nSPS) is 41.2. The molecule has 4 bridgehead atoms. The lowest BCUT2D eigenvalue weighted by Crippen LogP contribution is -2.52. The zero-order chi connectivity index (χ0) is 12.8. The third kappa shape index (κ3) is 2.16. The van der Waals surface area contributed by atoms with Crippen LogP contribution in [0, 0.1) is 17.8 Å². The van der Waals surface area contributed by atoms with Crippen molar-refractivity contribution >= 4 is 11.9 Å². The first-order valence-corrected chi connectivity index (χ1v) is 6.69. The van der Waals surface area contributed by atoms with Crippen molar-refractivity contribution in [3.05, 3.63) is 12.2 Å². The molecule has 0 spiro atoms. The maximum atomic E-state index is 11.7. The summed E-state index contributed by atoms with van der Waals surface area (Å²) in [6.45, 7) is 0. The Hall–Kier alpha value is -1.32. The van der Waals surface area contributed by atoms with Gasteiger partial charge in [0.05, 0.1) is 0 Å². The number of rotatable bonds is 3. The van der Waals surface area contributed by atoms with E-state index in [0.717, 1.165) is 31.4 Å². The van der Waals surface area contributed by atoms with Crippen LogP contribution in [0.4, 0.5) is 0 Å². The van der Waals surface area contributed by atoms with Gasteiger partial charge in [-0.15, -0.1) is 0 Å². The fraction of sp³-hybridized carbons (Fsp3) is 0.714. The molecule has 4 rings (SSSR count). The van der Waals surface area contributed by atoms with Gasteiger partial charge in [-0.25, -0.2) is 9.59 Å². The molecule has 0 aromatic carbocycles. The molecule has 4 heteroatoms. The second-order valence-corrected chi connectivity index (χ2v) is 6.19. The summed E-state index contributed by atoms with van der Waals surface area (Å²) < 4.78 is 5.61. The van der Waals surface area contributed by atoms with Crippen molar-refractivity contribution < 1.29 is 19.4 Å². The molecule has 4 aliphatic carbocycles. The van der Waals surface area contributed by atoms with Gasteiger partial charge in [-0.3, -0.25) is 0 Å². The highest BCUT2D eigenvalue weighted by Crippen LogP contribution is 2.57. The minimum atomic E-state index is -1.11. The van der Waals surface area contributed by atoms with E-state index in [1.165, 1.54) is 19.3 Å². The van der Waals surface area contributed by atoms with Gasteiger partial charge < -0.3 is 9.84 Å². The van der Waals surface area contributed by atoms with Gasteiger partial charge >= 0.3 is 11.9 Å². The maximum Gasteiger partial charge on any atom is 0.331 e. The second-order valence-electron chi connectivity index (χ2n) is 6.19. The molecule has 0 radical (unpaired) electrons. The Kier molecular flexibility index (Phi) is 2.68. The molecule has 18 heavy (non-hydrogen) atoms. The third-order valence-electron chi connectivity index (χ3n) is 4.66. The largest absolute Gasteiger partial charge is 0.478 e. The second kappa shape index (κ2) is 4.11. The zero-order valence-corrected chi connectivity index (χ0v) is 10.3. The summed E-state index contributed by atoms with van der Waals surface area (Å²) in [6, 6.07) is 0. The van der Waals surface area contributed by atoms with Gasteiger partial charge in [0.15, 0.2) is 0 Å². The van der Waals surface area contributed by atoms with E-state index in [9.17, 15) is 9.59 Å². The van der Waals surface area contributed by atoms with Gasteiger partial charge in [0.25, 0.3) is 0 Å². The zero-order valence-electron chi connectivity index (χ0n) is 10.3. The molecule has 0 heterocycles. The fourth-order valence-electron chi connectivity index (χ4n) is 4.54. The van der Waals surface area contributed by atoms with Crippen molar-refractivity contribution in [2.45, 2.75) is 44.1 Å². The van der Waals surface area contributed by atoms with Crippen molar-refractivity contribution in [3.63, 3.8) is 0 Å². The van der Waals surface area contributed by atoms with E-state index in [1.807, 2.05) is 0 Å². The summed E-state index contributed by atoms with van der Waals surface area (Å²) in [5, 5.41) is 8.50. The summed E-state index contributed by atoms with van der Waals surface area (Å²) in [4.78, 5) is 22.0. The first-order valence-electron chi connectivity index (χ1n) is 6.69. The number of carboxylic acids is 1. The Morgan fingerprint density at radius 2 is 1.50 bits per heavy atom. The highest BCUT2D eigenvalue weighted by atomic mass is 16.6. The van der Waals surface area contributed by atoms with Crippen LogP contribution in [-0.2, 0) is 14.3 Å². The summed E-state index contributed by atoms with van der Waals surface area (Å²) >= 11 is 0. The molecule has 0 aromatic heterocycles. The topological polar surface area (TPSA) is 63.6 Å². The van der Waals surface area contributed by atoms with Crippen LogP contribution in [-0.4, -0.2) is 22.6 Å². The van der Waals surface area contributed by atoms with Crippen LogP contribution in [0.5, 0.6) is 0 Å². The van der Waals surface area contributed by atoms with Gasteiger partial charge in [-0.05, 0) is 56.3 Å². The molecule has 1 N–H and O–H groups in total. The van der Waals surface area contributed by atoms with E-state index in [2.05, 4.69) is 0 Å². The van der Waals surface area contributed by atoms with E-state index >= 15 is 0 Å². The van der Waals surface area contributed by atoms with Crippen LogP contribution < -0.4 is 0 Å². The number of carbonyl (C=O) groups excluding carboxylic acids is 1. The smallest absolute Gasteiger partial charge is 0.331 e. The highest BCUT2D eigenvalue weighted by molar-refractivity contribution is 5.90. The minimum absolute atomic E-state index is 0.283. The van der Waals surface area contributed by atoms with E-state index in [4.69, 9.17) is 9.84 Å². The van der Waals surface area contributed by atoms with Gasteiger partial charge in [-0.2, -0.15) is 0 Å². The molecule has 0 unspecified atom stereocenters. The van der Waals surface area contributed by atoms with Crippen LogP contribution in [0.2, 0.25) is 0 Å². The lowest BCUT2D eigenvalue weighted by atomic mass is 9.54. The summed E-state index contributed by atoms with van der Waals surface area (Å²) in [5.41, 5.74) is -0.283. The molecule has 0 atom stereocenters. The van der Waals surface area contributed by atoms with Crippen LogP contribution in [0.15, 0.2) is 12.2 Å². The Balaban J connectivity index is 1.68. The van der Waals surface area contributed by atoms with Gasteiger partial charge in [-0.1, -0.05) is 0 Å². The Bertz CT molecular complexity index is 375. The van der Waals surface area contributed by atoms with E-state index in [-0.39, 0.29) is 5.60 Å². The van der Waals surface area contributed by atoms with Crippen LogP contribution in [0.3, 0.4) is 0 Å². The molecule has 4 saturated carbocycles. The molecule has 0 saturated heterocycles. The number of hydrogen-bond donors (Lipinski definition) is 1. The number of carbonyl (C=O) groups is 2. The first kappa shape index (κ1) is 11.8. The summed E-state index contributed by atoms with van der Waals surface area (Å²) in [5.74, 6) is 0.532. The molecule has 0 amide bonds. The lowest BCUT2D eigenvalue weighted by Gasteiger charge is -2.55. The van der Waals surface area contributed by atoms with Gasteiger partial charge in [0.1, 0.15) is 5.60 Å². The number of aliphatic carboxylic acids is 1. The van der Waals surface area contributed by atoms with E-state index in [1.54, 1.807) is 0 Å². The quantitative estimate of drug-likeness (QED) is 0.615. The minimum Gasteiger partial charge on any atom is -0.478 e. The molecule has 0 aromatic rings. The summed E-state index contributed by atoms with van der Waals surface area (Å²) in [6.07, 6.45) is 8.69. The SMILES string of the molecule is O=C(O)/C=C\C(=O)OC12CC3CC(CC(C3)C1)C2. The number of ether oxygens (including phenoxy) is 1. The third-order valence-corrected chi connectivity index (χ3v) is 4.66. The standard InChI is InChI=1S/C14H18O4/c15-12(16)1-2-13(17)18-14-6-9-3-10(7-14)5-11(4-9)8-14/h1-2,9-11H,3-8H2,(H,15,16)/b2-1-. The molecule has 4 nitrogen and oxygen atoms in total. The Labute approximate surface area is 106 Å². The number of esters is 1. The summed E-state index contributed by atoms with van der Waals surface area (Å²) in [7, 11) is 0. The van der Waals surface area contributed by atoms with E-state index < -0.39 is 11.9 Å². The lowest BCUT2D eigenvalue weighted by molar-refractivity contribution is -0.181. The fourth-order valence-corrected chi connectivity index (χ4v) is 4.54.